The lowest BCUT2D eigenvalue weighted by atomic mass is 10.1. The van der Waals surface area contributed by atoms with E-state index >= 15 is 0 Å². The van der Waals surface area contributed by atoms with Crippen molar-refractivity contribution in [2.75, 3.05) is 0 Å². The number of nitrogen functional groups attached to an aromatic ring is 1. The molecule has 0 aliphatic heterocycles. The quantitative estimate of drug-likeness (QED) is 0.669. The zero-order chi connectivity index (χ0) is 15.5. The number of amidine groups is 1. The highest BCUT2D eigenvalue weighted by molar-refractivity contribution is 5.95. The van der Waals surface area contributed by atoms with Gasteiger partial charge in [0.1, 0.15) is 18.2 Å². The van der Waals surface area contributed by atoms with Crippen molar-refractivity contribution in [3.63, 3.8) is 0 Å². The van der Waals surface area contributed by atoms with Crippen molar-refractivity contribution >= 4 is 5.84 Å². The van der Waals surface area contributed by atoms with Gasteiger partial charge in [0.2, 0.25) is 0 Å². The molecule has 2 rings (SSSR count). The summed E-state index contributed by atoms with van der Waals surface area (Å²) in [6.07, 6.45) is -4.37. The number of hydrogen-bond donors (Lipinski definition) is 2. The van der Waals surface area contributed by atoms with Gasteiger partial charge in [-0.05, 0) is 29.8 Å². The van der Waals surface area contributed by atoms with Crippen LogP contribution < -0.4 is 10.5 Å². The first-order valence-electron chi connectivity index (χ1n) is 6.09. The standard InChI is InChI=1S/C15H13F3N2O/c16-15(17,18)12-5-1-3-10(7-12)9-21-13-6-2-4-11(8-13)14(19)20/h1-8H,9H2,(H3,19,20). The van der Waals surface area contributed by atoms with Crippen LogP contribution in [-0.2, 0) is 12.8 Å². The van der Waals surface area contributed by atoms with Gasteiger partial charge in [-0.1, -0.05) is 24.3 Å². The fraction of sp³-hybridized carbons (Fsp3) is 0.133. The maximum absolute atomic E-state index is 12.6. The molecular formula is C15H13F3N2O. The molecule has 0 spiro atoms. The SMILES string of the molecule is N=C(N)c1cccc(OCc2cccc(C(F)(F)F)c2)c1. The Hall–Kier alpha value is -2.50. The lowest BCUT2D eigenvalue weighted by Crippen LogP contribution is -2.11. The van der Waals surface area contributed by atoms with Crippen LogP contribution in [0, 0.1) is 5.41 Å². The van der Waals surface area contributed by atoms with Crippen molar-refractivity contribution in [1.82, 2.24) is 0 Å². The molecule has 0 saturated heterocycles. The van der Waals surface area contributed by atoms with Crippen LogP contribution in [-0.4, -0.2) is 5.84 Å². The van der Waals surface area contributed by atoms with E-state index in [0.29, 0.717) is 16.9 Å². The van der Waals surface area contributed by atoms with Crippen LogP contribution in [0.1, 0.15) is 16.7 Å². The van der Waals surface area contributed by atoms with E-state index in [1.54, 1.807) is 30.3 Å². The van der Waals surface area contributed by atoms with Crippen molar-refractivity contribution in [1.29, 1.82) is 5.41 Å². The zero-order valence-corrected chi connectivity index (χ0v) is 10.9. The summed E-state index contributed by atoms with van der Waals surface area (Å²) in [6, 6.07) is 11.5. The van der Waals surface area contributed by atoms with Crippen molar-refractivity contribution in [2.24, 2.45) is 5.73 Å². The third-order valence-electron chi connectivity index (χ3n) is 2.80. The second-order valence-corrected chi connectivity index (χ2v) is 4.43. The third-order valence-corrected chi connectivity index (χ3v) is 2.80. The smallest absolute Gasteiger partial charge is 0.416 e. The van der Waals surface area contributed by atoms with Crippen LogP contribution in [0.25, 0.3) is 0 Å². The second kappa shape index (κ2) is 5.87. The van der Waals surface area contributed by atoms with Crippen molar-refractivity contribution < 1.29 is 17.9 Å². The molecule has 0 heterocycles. The van der Waals surface area contributed by atoms with Crippen LogP contribution in [0.5, 0.6) is 5.75 Å². The van der Waals surface area contributed by atoms with Gasteiger partial charge in [0.15, 0.2) is 0 Å². The Labute approximate surface area is 119 Å². The second-order valence-electron chi connectivity index (χ2n) is 4.43. The van der Waals surface area contributed by atoms with E-state index in [-0.39, 0.29) is 12.4 Å². The van der Waals surface area contributed by atoms with Crippen LogP contribution in [0.4, 0.5) is 13.2 Å². The molecule has 0 radical (unpaired) electrons. The van der Waals surface area contributed by atoms with Gasteiger partial charge in [0.25, 0.3) is 0 Å². The van der Waals surface area contributed by atoms with E-state index in [1.807, 2.05) is 0 Å². The molecule has 6 heteroatoms. The lowest BCUT2D eigenvalue weighted by molar-refractivity contribution is -0.137. The van der Waals surface area contributed by atoms with Crippen molar-refractivity contribution in [2.45, 2.75) is 12.8 Å². The van der Waals surface area contributed by atoms with Gasteiger partial charge in [-0.2, -0.15) is 13.2 Å². The molecular weight excluding hydrogens is 281 g/mol. The van der Waals surface area contributed by atoms with Crippen LogP contribution in [0.15, 0.2) is 48.5 Å². The maximum atomic E-state index is 12.6. The summed E-state index contributed by atoms with van der Waals surface area (Å²) in [6.45, 7) is 0.00524. The van der Waals surface area contributed by atoms with Gasteiger partial charge >= 0.3 is 6.18 Å². The van der Waals surface area contributed by atoms with Gasteiger partial charge in [0.05, 0.1) is 5.56 Å². The van der Waals surface area contributed by atoms with Gasteiger partial charge in [-0.25, -0.2) is 0 Å². The number of nitrogens with two attached hydrogens (primary N) is 1. The molecule has 0 atom stereocenters. The molecule has 0 bridgehead atoms. The predicted octanol–water partition coefficient (Wildman–Crippen LogP) is 3.57. The molecule has 110 valence electrons. The molecule has 3 N–H and O–H groups in total. The minimum absolute atomic E-state index is 0.00524. The fourth-order valence-electron chi connectivity index (χ4n) is 1.76. The first-order chi connectivity index (χ1) is 9.86. The normalized spacial score (nSPS) is 11.2. The molecule has 2 aromatic rings. The zero-order valence-electron chi connectivity index (χ0n) is 10.9. The number of nitrogens with one attached hydrogen (secondary N) is 1. The molecule has 0 fully saturated rings. The molecule has 0 amide bonds. The summed E-state index contributed by atoms with van der Waals surface area (Å²) in [5, 5.41) is 7.32. The molecule has 0 aliphatic carbocycles. The van der Waals surface area contributed by atoms with Crippen molar-refractivity contribution in [3.05, 3.63) is 65.2 Å². The third kappa shape index (κ3) is 3.98. The van der Waals surface area contributed by atoms with Gasteiger partial charge in [0, 0.05) is 5.56 Å². The number of halogens is 3. The summed E-state index contributed by atoms with van der Waals surface area (Å²) >= 11 is 0. The Morgan fingerprint density at radius 1 is 1.10 bits per heavy atom. The molecule has 3 nitrogen and oxygen atoms in total. The Morgan fingerprint density at radius 2 is 1.81 bits per heavy atom. The highest BCUT2D eigenvalue weighted by Crippen LogP contribution is 2.29. The highest BCUT2D eigenvalue weighted by atomic mass is 19.4. The molecule has 2 aromatic carbocycles. The average Bonchev–Trinajstić information content (AvgIpc) is 2.45. The van der Waals surface area contributed by atoms with Gasteiger partial charge in [-0.15, -0.1) is 0 Å². The largest absolute Gasteiger partial charge is 0.489 e. The maximum Gasteiger partial charge on any atom is 0.416 e. The minimum atomic E-state index is -4.37. The van der Waals surface area contributed by atoms with Gasteiger partial charge < -0.3 is 10.5 Å². The first-order valence-corrected chi connectivity index (χ1v) is 6.09. The molecule has 0 unspecified atom stereocenters. The highest BCUT2D eigenvalue weighted by Gasteiger charge is 2.30. The summed E-state index contributed by atoms with van der Waals surface area (Å²) in [7, 11) is 0. The topological polar surface area (TPSA) is 59.1 Å². The van der Waals surface area contributed by atoms with E-state index in [9.17, 15) is 13.2 Å². The number of rotatable bonds is 4. The average molecular weight is 294 g/mol. The van der Waals surface area contributed by atoms with Crippen molar-refractivity contribution in [3.8, 4) is 5.75 Å². The molecule has 0 aliphatic rings. The van der Waals surface area contributed by atoms with E-state index in [2.05, 4.69) is 0 Å². The number of ether oxygens (including phenoxy) is 1. The van der Waals surface area contributed by atoms with E-state index in [0.717, 1.165) is 12.1 Å². The lowest BCUT2D eigenvalue weighted by Gasteiger charge is -2.10. The monoisotopic (exact) mass is 294 g/mol. The molecule has 0 saturated carbocycles. The van der Waals surface area contributed by atoms with Crippen LogP contribution in [0.2, 0.25) is 0 Å². The van der Waals surface area contributed by atoms with Gasteiger partial charge in [-0.3, -0.25) is 5.41 Å². The number of hydrogen-bond acceptors (Lipinski definition) is 2. The van der Waals surface area contributed by atoms with E-state index < -0.39 is 11.7 Å². The summed E-state index contributed by atoms with van der Waals surface area (Å²) in [5.41, 5.74) is 5.56. The molecule has 0 aromatic heterocycles. The number of alkyl halides is 3. The van der Waals surface area contributed by atoms with E-state index in [1.165, 1.54) is 6.07 Å². The first kappa shape index (κ1) is 14.9. The minimum Gasteiger partial charge on any atom is -0.489 e. The van der Waals surface area contributed by atoms with E-state index in [4.69, 9.17) is 15.9 Å². The Kier molecular flexibility index (Phi) is 4.16. The Morgan fingerprint density at radius 3 is 2.48 bits per heavy atom. The summed E-state index contributed by atoms with van der Waals surface area (Å²) in [4.78, 5) is 0. The summed E-state index contributed by atoms with van der Waals surface area (Å²) in [5.74, 6) is 0.347. The summed E-state index contributed by atoms with van der Waals surface area (Å²) < 4.78 is 43.2. The fourth-order valence-corrected chi connectivity index (χ4v) is 1.76. The Bertz CT molecular complexity index is 653. The number of benzene rings is 2. The van der Waals surface area contributed by atoms with Crippen LogP contribution >= 0.6 is 0 Å². The molecule has 21 heavy (non-hydrogen) atoms. The Balaban J connectivity index is 2.10. The van der Waals surface area contributed by atoms with Crippen LogP contribution in [0.3, 0.4) is 0 Å². The predicted molar refractivity (Wildman–Crippen MR) is 73.2 cm³/mol.